The molecule has 0 fully saturated rings. The number of hydrogen-bond acceptors (Lipinski definition) is 3. The maximum absolute atomic E-state index is 13.2. The first-order valence-corrected chi connectivity index (χ1v) is 10.1. The van der Waals surface area contributed by atoms with Crippen molar-refractivity contribution in [3.8, 4) is 0 Å². The third-order valence-corrected chi connectivity index (χ3v) is 6.23. The fourth-order valence-electron chi connectivity index (χ4n) is 3.61. The number of benzene rings is 1. The molecular weight excluding hydrogens is 344 g/mol. The van der Waals surface area contributed by atoms with Gasteiger partial charge in [0.15, 0.2) is 0 Å². The second-order valence-corrected chi connectivity index (χ2v) is 7.85. The molecule has 1 aromatic carbocycles. The molecule has 2 amide bonds. The highest BCUT2D eigenvalue weighted by Gasteiger charge is 2.34. The molecule has 5 heteroatoms. The van der Waals surface area contributed by atoms with Crippen molar-refractivity contribution < 1.29 is 9.59 Å². The molecule has 0 spiro atoms. The highest BCUT2D eigenvalue weighted by atomic mass is 32.1. The first-order chi connectivity index (χ1) is 12.5. The summed E-state index contributed by atoms with van der Waals surface area (Å²) < 4.78 is 0. The van der Waals surface area contributed by atoms with Crippen LogP contribution in [0.5, 0.6) is 0 Å². The first-order valence-electron chi connectivity index (χ1n) is 9.20. The van der Waals surface area contributed by atoms with Crippen molar-refractivity contribution >= 4 is 23.2 Å². The lowest BCUT2D eigenvalue weighted by molar-refractivity contribution is -0.142. The van der Waals surface area contributed by atoms with E-state index in [0.29, 0.717) is 6.54 Å². The summed E-state index contributed by atoms with van der Waals surface area (Å²) in [6.07, 6.45) is 1.72. The van der Waals surface area contributed by atoms with Gasteiger partial charge in [-0.3, -0.25) is 9.59 Å². The van der Waals surface area contributed by atoms with Gasteiger partial charge < -0.3 is 9.80 Å². The van der Waals surface area contributed by atoms with E-state index in [1.807, 2.05) is 36.9 Å². The van der Waals surface area contributed by atoms with E-state index in [2.05, 4.69) is 23.6 Å². The van der Waals surface area contributed by atoms with Crippen LogP contribution in [0.15, 0.2) is 41.8 Å². The van der Waals surface area contributed by atoms with Crippen molar-refractivity contribution in [1.82, 2.24) is 9.80 Å². The van der Waals surface area contributed by atoms with E-state index in [1.165, 1.54) is 10.4 Å². The molecule has 0 saturated carbocycles. The smallest absolute Gasteiger partial charge is 0.243 e. The number of hydrogen-bond donors (Lipinski definition) is 0. The van der Waals surface area contributed by atoms with Crippen LogP contribution in [0.2, 0.25) is 0 Å². The summed E-state index contributed by atoms with van der Waals surface area (Å²) in [7, 11) is 0. The highest BCUT2D eigenvalue weighted by molar-refractivity contribution is 7.10. The number of amides is 2. The quantitative estimate of drug-likeness (QED) is 0.802. The molecule has 1 aromatic heterocycles. The zero-order chi connectivity index (χ0) is 18.7. The van der Waals surface area contributed by atoms with Gasteiger partial charge in [-0.2, -0.15) is 0 Å². The minimum atomic E-state index is -0.0653. The average Bonchev–Trinajstić information content (AvgIpc) is 3.13. The summed E-state index contributed by atoms with van der Waals surface area (Å²) in [6, 6.07) is 12.3. The Morgan fingerprint density at radius 3 is 2.65 bits per heavy atom. The van der Waals surface area contributed by atoms with E-state index in [4.69, 9.17) is 0 Å². The predicted octanol–water partition coefficient (Wildman–Crippen LogP) is 3.87. The van der Waals surface area contributed by atoms with Crippen LogP contribution in [0.1, 0.15) is 49.2 Å². The lowest BCUT2D eigenvalue weighted by Gasteiger charge is -2.38. The first kappa shape index (κ1) is 18.6. The van der Waals surface area contributed by atoms with Crippen molar-refractivity contribution in [3.05, 3.63) is 57.8 Å². The van der Waals surface area contributed by atoms with Crippen molar-refractivity contribution in [2.75, 3.05) is 13.1 Å². The molecule has 26 heavy (non-hydrogen) atoms. The molecule has 138 valence electrons. The Morgan fingerprint density at radius 1 is 1.27 bits per heavy atom. The lowest BCUT2D eigenvalue weighted by Crippen LogP contribution is -2.48. The van der Waals surface area contributed by atoms with E-state index in [0.717, 1.165) is 18.4 Å². The van der Waals surface area contributed by atoms with Crippen LogP contribution in [0.25, 0.3) is 0 Å². The number of carbonyl (C=O) groups excluding carboxylic acids is 2. The van der Waals surface area contributed by atoms with E-state index in [9.17, 15) is 9.59 Å². The maximum atomic E-state index is 13.2. The van der Waals surface area contributed by atoms with Gasteiger partial charge in [0.1, 0.15) is 6.54 Å². The number of thiophene rings is 1. The Hall–Kier alpha value is -2.14. The third kappa shape index (κ3) is 3.68. The molecule has 1 aliphatic heterocycles. The molecule has 2 heterocycles. The molecule has 0 radical (unpaired) electrons. The standard InChI is InChI=1S/C21H26N2O2S/c1-4-15(2)23(16(3)24)14-20(25)22-12-10-19-18(11-13-26-19)21(22)17-8-6-5-7-9-17/h5-9,11,13,15,21H,4,10,12,14H2,1-3H3/t15-,21+/m0/s1. The Bertz CT molecular complexity index is 771. The fourth-order valence-corrected chi connectivity index (χ4v) is 4.52. The number of rotatable bonds is 5. The molecule has 2 atom stereocenters. The van der Waals surface area contributed by atoms with Gasteiger partial charge in [-0.25, -0.2) is 0 Å². The molecule has 0 aliphatic carbocycles. The topological polar surface area (TPSA) is 40.6 Å². The van der Waals surface area contributed by atoms with Crippen LogP contribution in [0.3, 0.4) is 0 Å². The fraction of sp³-hybridized carbons (Fsp3) is 0.429. The Balaban J connectivity index is 1.90. The lowest BCUT2D eigenvalue weighted by atomic mass is 9.93. The second-order valence-electron chi connectivity index (χ2n) is 6.85. The van der Waals surface area contributed by atoms with Gasteiger partial charge in [0.2, 0.25) is 11.8 Å². The predicted molar refractivity (Wildman–Crippen MR) is 105 cm³/mol. The van der Waals surface area contributed by atoms with Gasteiger partial charge in [-0.15, -0.1) is 11.3 Å². The summed E-state index contributed by atoms with van der Waals surface area (Å²) in [5, 5.41) is 2.11. The summed E-state index contributed by atoms with van der Waals surface area (Å²) >= 11 is 1.76. The van der Waals surface area contributed by atoms with Crippen molar-refractivity contribution in [3.63, 3.8) is 0 Å². The Labute approximate surface area is 159 Å². The average molecular weight is 371 g/mol. The third-order valence-electron chi connectivity index (χ3n) is 5.23. The Morgan fingerprint density at radius 2 is 2.00 bits per heavy atom. The van der Waals surface area contributed by atoms with Gasteiger partial charge in [-0.05, 0) is 42.3 Å². The number of fused-ring (bicyclic) bond motifs is 1. The van der Waals surface area contributed by atoms with Crippen LogP contribution >= 0.6 is 11.3 Å². The monoisotopic (exact) mass is 370 g/mol. The molecule has 3 rings (SSSR count). The largest absolute Gasteiger partial charge is 0.331 e. The van der Waals surface area contributed by atoms with Crippen LogP contribution in [0.4, 0.5) is 0 Å². The van der Waals surface area contributed by atoms with Crippen molar-refractivity contribution in [1.29, 1.82) is 0 Å². The summed E-state index contributed by atoms with van der Waals surface area (Å²) in [4.78, 5) is 30.2. The molecular formula is C21H26N2O2S. The van der Waals surface area contributed by atoms with Crippen LogP contribution in [0, 0.1) is 0 Å². The zero-order valence-corrected chi connectivity index (χ0v) is 16.5. The normalized spacial score (nSPS) is 17.5. The minimum absolute atomic E-state index is 0.0196. The van der Waals surface area contributed by atoms with E-state index < -0.39 is 0 Å². The molecule has 4 nitrogen and oxygen atoms in total. The van der Waals surface area contributed by atoms with Crippen LogP contribution in [-0.4, -0.2) is 40.7 Å². The summed E-state index contributed by atoms with van der Waals surface area (Å²) in [5.74, 6) is -0.0246. The summed E-state index contributed by atoms with van der Waals surface area (Å²) in [6.45, 7) is 6.42. The van der Waals surface area contributed by atoms with Gasteiger partial charge in [0.05, 0.1) is 6.04 Å². The van der Waals surface area contributed by atoms with E-state index >= 15 is 0 Å². The van der Waals surface area contributed by atoms with E-state index in [1.54, 1.807) is 23.2 Å². The van der Waals surface area contributed by atoms with Gasteiger partial charge in [0, 0.05) is 24.4 Å². The SMILES string of the molecule is CC[C@H](C)N(CC(=O)N1CCc2sccc2[C@H]1c1ccccc1)C(C)=O. The minimum Gasteiger partial charge on any atom is -0.331 e. The highest BCUT2D eigenvalue weighted by Crippen LogP contribution is 2.37. The van der Waals surface area contributed by atoms with Crippen LogP contribution < -0.4 is 0 Å². The second kappa shape index (κ2) is 8.04. The molecule has 1 aliphatic rings. The zero-order valence-electron chi connectivity index (χ0n) is 15.6. The van der Waals surface area contributed by atoms with Gasteiger partial charge >= 0.3 is 0 Å². The molecule has 0 saturated heterocycles. The summed E-state index contributed by atoms with van der Waals surface area (Å²) in [5.41, 5.74) is 2.34. The maximum Gasteiger partial charge on any atom is 0.243 e. The Kier molecular flexibility index (Phi) is 5.77. The molecule has 0 unspecified atom stereocenters. The molecule has 2 aromatic rings. The van der Waals surface area contributed by atoms with Crippen LogP contribution in [-0.2, 0) is 16.0 Å². The molecule has 0 N–H and O–H groups in total. The van der Waals surface area contributed by atoms with Crippen molar-refractivity contribution in [2.24, 2.45) is 0 Å². The number of nitrogens with zero attached hydrogens (tertiary/aromatic N) is 2. The van der Waals surface area contributed by atoms with Gasteiger partial charge in [0.25, 0.3) is 0 Å². The number of carbonyl (C=O) groups is 2. The van der Waals surface area contributed by atoms with E-state index in [-0.39, 0.29) is 30.4 Å². The van der Waals surface area contributed by atoms with Gasteiger partial charge in [-0.1, -0.05) is 37.3 Å². The molecule has 0 bridgehead atoms. The van der Waals surface area contributed by atoms with Crippen molar-refractivity contribution in [2.45, 2.75) is 45.7 Å².